The minimum atomic E-state index is -0.175. The number of H-pyrrole nitrogens is 1. The highest BCUT2D eigenvalue weighted by Gasteiger charge is 2.08. The quantitative estimate of drug-likeness (QED) is 0.722. The van der Waals surface area contributed by atoms with E-state index >= 15 is 0 Å². The molecular formula is C10H7BrN4OS. The minimum absolute atomic E-state index is 0.175. The van der Waals surface area contributed by atoms with Crippen molar-refractivity contribution in [2.75, 3.05) is 5.73 Å². The SMILES string of the molecule is Nc1cc2nc(-c3cc(Br)cs3)cc(=O)n2[nH]1. The fourth-order valence-electron chi connectivity index (χ4n) is 1.58. The minimum Gasteiger partial charge on any atom is -0.384 e. The molecule has 0 atom stereocenters. The van der Waals surface area contributed by atoms with E-state index in [1.165, 1.54) is 21.9 Å². The van der Waals surface area contributed by atoms with Gasteiger partial charge in [0.15, 0.2) is 5.65 Å². The molecule has 86 valence electrons. The van der Waals surface area contributed by atoms with Crippen molar-refractivity contribution in [1.82, 2.24) is 14.6 Å². The summed E-state index contributed by atoms with van der Waals surface area (Å²) in [7, 11) is 0. The van der Waals surface area contributed by atoms with Crippen LogP contribution in [0.2, 0.25) is 0 Å². The molecule has 0 aliphatic rings. The Balaban J connectivity index is 2.28. The van der Waals surface area contributed by atoms with Gasteiger partial charge in [0.25, 0.3) is 5.56 Å². The number of nitrogens with one attached hydrogen (secondary N) is 1. The van der Waals surface area contributed by atoms with E-state index in [1.54, 1.807) is 6.07 Å². The lowest BCUT2D eigenvalue weighted by molar-refractivity contribution is 0.906. The zero-order chi connectivity index (χ0) is 12.0. The van der Waals surface area contributed by atoms with Crippen molar-refractivity contribution in [1.29, 1.82) is 0 Å². The standard InChI is InChI=1S/C10H7BrN4OS/c11-5-1-7(17-4-5)6-2-10(16)15-9(13-6)3-8(12)14-15/h1-4,14H,12H2. The molecule has 7 heteroatoms. The maximum atomic E-state index is 11.8. The molecule has 0 saturated heterocycles. The van der Waals surface area contributed by atoms with Gasteiger partial charge in [-0.1, -0.05) is 0 Å². The lowest BCUT2D eigenvalue weighted by atomic mass is 10.3. The van der Waals surface area contributed by atoms with Crippen molar-refractivity contribution in [3.8, 4) is 10.6 Å². The second-order valence-corrected chi connectivity index (χ2v) is 5.34. The van der Waals surface area contributed by atoms with Gasteiger partial charge in [-0.25, -0.2) is 4.98 Å². The zero-order valence-corrected chi connectivity index (χ0v) is 10.9. The number of hydrogen-bond donors (Lipinski definition) is 2. The largest absolute Gasteiger partial charge is 0.384 e. The highest BCUT2D eigenvalue weighted by Crippen LogP contribution is 2.28. The number of thiophene rings is 1. The van der Waals surface area contributed by atoms with Crippen LogP contribution in [0, 0.1) is 0 Å². The molecule has 0 aliphatic heterocycles. The van der Waals surface area contributed by atoms with E-state index in [9.17, 15) is 4.79 Å². The normalized spacial score (nSPS) is 11.1. The predicted octanol–water partition coefficient (Wildman–Crippen LogP) is 2.10. The van der Waals surface area contributed by atoms with Crippen LogP contribution in [-0.4, -0.2) is 14.6 Å². The summed E-state index contributed by atoms with van der Waals surface area (Å²) in [6.45, 7) is 0. The van der Waals surface area contributed by atoms with Crippen LogP contribution in [0.1, 0.15) is 0 Å². The molecule has 0 bridgehead atoms. The number of hydrogen-bond acceptors (Lipinski definition) is 4. The fraction of sp³-hybridized carbons (Fsp3) is 0. The predicted molar refractivity (Wildman–Crippen MR) is 71.2 cm³/mol. The van der Waals surface area contributed by atoms with Crippen LogP contribution >= 0.6 is 27.3 Å². The van der Waals surface area contributed by atoms with Gasteiger partial charge >= 0.3 is 0 Å². The van der Waals surface area contributed by atoms with Gasteiger partial charge < -0.3 is 5.73 Å². The summed E-state index contributed by atoms with van der Waals surface area (Å²) in [4.78, 5) is 17.1. The number of aromatic nitrogens is 3. The molecule has 0 amide bonds. The van der Waals surface area contributed by atoms with Crippen molar-refractivity contribution < 1.29 is 0 Å². The number of nitrogens with zero attached hydrogens (tertiary/aromatic N) is 2. The smallest absolute Gasteiger partial charge is 0.273 e. The number of nitrogen functional groups attached to an aromatic ring is 1. The summed E-state index contributed by atoms with van der Waals surface area (Å²) in [6.07, 6.45) is 0. The van der Waals surface area contributed by atoms with E-state index in [0.29, 0.717) is 17.2 Å². The Bertz CT molecular complexity index is 757. The van der Waals surface area contributed by atoms with Gasteiger partial charge in [-0.3, -0.25) is 9.89 Å². The maximum Gasteiger partial charge on any atom is 0.273 e. The van der Waals surface area contributed by atoms with Gasteiger partial charge in [-0.2, -0.15) is 4.52 Å². The summed E-state index contributed by atoms with van der Waals surface area (Å²) in [5.41, 5.74) is 6.60. The lowest BCUT2D eigenvalue weighted by Crippen LogP contribution is -2.14. The van der Waals surface area contributed by atoms with Gasteiger partial charge in [-0.05, 0) is 22.0 Å². The number of rotatable bonds is 1. The number of nitrogens with two attached hydrogens (primary N) is 1. The molecule has 0 aliphatic carbocycles. The van der Waals surface area contributed by atoms with Gasteiger partial charge in [0.05, 0.1) is 10.6 Å². The number of halogens is 1. The first-order chi connectivity index (χ1) is 8.13. The van der Waals surface area contributed by atoms with E-state index in [0.717, 1.165) is 9.35 Å². The summed E-state index contributed by atoms with van der Waals surface area (Å²) >= 11 is 4.90. The topological polar surface area (TPSA) is 76.2 Å². The number of fused-ring (bicyclic) bond motifs is 1. The summed E-state index contributed by atoms with van der Waals surface area (Å²) in [5.74, 6) is 0.416. The maximum absolute atomic E-state index is 11.8. The first-order valence-electron chi connectivity index (χ1n) is 4.76. The van der Waals surface area contributed by atoms with Crippen LogP contribution in [0.25, 0.3) is 16.2 Å². The third-order valence-corrected chi connectivity index (χ3v) is 4.00. The molecule has 3 rings (SSSR count). The first kappa shape index (κ1) is 10.5. The Kier molecular flexibility index (Phi) is 2.30. The van der Waals surface area contributed by atoms with Gasteiger partial charge in [0.2, 0.25) is 0 Å². The van der Waals surface area contributed by atoms with Crippen molar-refractivity contribution in [2.45, 2.75) is 0 Å². The molecule has 3 heterocycles. The third kappa shape index (κ3) is 1.77. The average molecular weight is 311 g/mol. The zero-order valence-electron chi connectivity index (χ0n) is 8.48. The Morgan fingerprint density at radius 1 is 1.41 bits per heavy atom. The Morgan fingerprint density at radius 2 is 2.24 bits per heavy atom. The number of aromatic amines is 1. The highest BCUT2D eigenvalue weighted by atomic mass is 79.9. The van der Waals surface area contributed by atoms with E-state index in [2.05, 4.69) is 26.0 Å². The monoisotopic (exact) mass is 310 g/mol. The van der Waals surface area contributed by atoms with E-state index in [4.69, 9.17) is 5.73 Å². The molecule has 3 aromatic heterocycles. The van der Waals surface area contributed by atoms with Crippen molar-refractivity contribution >= 4 is 38.7 Å². The molecule has 0 unspecified atom stereocenters. The average Bonchev–Trinajstić information content (AvgIpc) is 2.83. The molecule has 0 fully saturated rings. The third-order valence-electron chi connectivity index (χ3n) is 2.29. The van der Waals surface area contributed by atoms with Gasteiger partial charge in [-0.15, -0.1) is 11.3 Å². The van der Waals surface area contributed by atoms with Crippen LogP contribution in [0.3, 0.4) is 0 Å². The second kappa shape index (κ2) is 3.71. The molecule has 0 aromatic carbocycles. The summed E-state index contributed by atoms with van der Waals surface area (Å²) in [6, 6.07) is 5.05. The molecule has 3 N–H and O–H groups in total. The Labute approximate surface area is 108 Å². The van der Waals surface area contributed by atoms with Crippen LogP contribution < -0.4 is 11.3 Å². The highest BCUT2D eigenvalue weighted by molar-refractivity contribution is 9.10. The fourth-order valence-corrected chi connectivity index (χ4v) is 2.97. The van der Waals surface area contributed by atoms with Crippen molar-refractivity contribution in [3.63, 3.8) is 0 Å². The van der Waals surface area contributed by atoms with Crippen LogP contribution in [-0.2, 0) is 0 Å². The first-order valence-corrected chi connectivity index (χ1v) is 6.43. The van der Waals surface area contributed by atoms with Crippen molar-refractivity contribution in [3.05, 3.63) is 38.4 Å². The molecule has 0 radical (unpaired) electrons. The van der Waals surface area contributed by atoms with Crippen molar-refractivity contribution in [2.24, 2.45) is 0 Å². The molecule has 5 nitrogen and oxygen atoms in total. The van der Waals surface area contributed by atoms with E-state index < -0.39 is 0 Å². The lowest BCUT2D eigenvalue weighted by Gasteiger charge is -1.96. The second-order valence-electron chi connectivity index (χ2n) is 3.51. The van der Waals surface area contributed by atoms with Gasteiger partial charge in [0.1, 0.15) is 5.82 Å². The molecule has 17 heavy (non-hydrogen) atoms. The Hall–Kier alpha value is -1.60. The molecule has 3 aromatic rings. The summed E-state index contributed by atoms with van der Waals surface area (Å²) < 4.78 is 2.30. The van der Waals surface area contributed by atoms with E-state index in [-0.39, 0.29) is 5.56 Å². The summed E-state index contributed by atoms with van der Waals surface area (Å²) in [5, 5.41) is 4.67. The van der Waals surface area contributed by atoms with Crippen LogP contribution in [0.15, 0.2) is 32.8 Å². The van der Waals surface area contributed by atoms with Crippen LogP contribution in [0.5, 0.6) is 0 Å². The molecule has 0 saturated carbocycles. The Morgan fingerprint density at radius 3 is 2.94 bits per heavy atom. The molecular weight excluding hydrogens is 304 g/mol. The number of anilines is 1. The van der Waals surface area contributed by atoms with E-state index in [1.807, 2.05) is 11.4 Å². The van der Waals surface area contributed by atoms with Crippen LogP contribution in [0.4, 0.5) is 5.82 Å². The van der Waals surface area contributed by atoms with Gasteiger partial charge in [0, 0.05) is 22.0 Å². The molecule has 0 spiro atoms.